The van der Waals surface area contributed by atoms with Crippen LogP contribution in [0.2, 0.25) is 0 Å². The number of thiazole rings is 1. The molecule has 0 spiro atoms. The lowest BCUT2D eigenvalue weighted by molar-refractivity contribution is 0.373. The van der Waals surface area contributed by atoms with E-state index in [1.54, 1.807) is 29.5 Å². The van der Waals surface area contributed by atoms with Crippen molar-refractivity contribution in [3.63, 3.8) is 0 Å². The SMILES string of the molecule is COc1cc(/C=c2/sc3n(c2=O)C(c2cccs2)C2=C(N=3)c3ccccc3CC2)ccc1O. The number of methoxy groups -OCH3 is 1. The lowest BCUT2D eigenvalue weighted by atomic mass is 9.85. The molecule has 2 aromatic carbocycles. The third-order valence-corrected chi connectivity index (χ3v) is 8.09. The molecule has 6 rings (SSSR count). The lowest BCUT2D eigenvalue weighted by Crippen LogP contribution is -2.38. The molecule has 1 aliphatic carbocycles. The molecule has 2 aromatic heterocycles. The predicted molar refractivity (Wildman–Crippen MR) is 132 cm³/mol. The van der Waals surface area contributed by atoms with Crippen molar-refractivity contribution < 1.29 is 9.84 Å². The minimum absolute atomic E-state index is 0.0467. The molecule has 5 nitrogen and oxygen atoms in total. The van der Waals surface area contributed by atoms with Gasteiger partial charge in [0.15, 0.2) is 16.3 Å². The van der Waals surface area contributed by atoms with Crippen LogP contribution in [0, 0.1) is 0 Å². The summed E-state index contributed by atoms with van der Waals surface area (Å²) in [7, 11) is 1.51. The molecule has 4 aromatic rings. The zero-order chi connectivity index (χ0) is 22.5. The second kappa shape index (κ2) is 7.86. The average Bonchev–Trinajstić information content (AvgIpc) is 3.47. The predicted octanol–water partition coefficient (Wildman–Crippen LogP) is 4.09. The number of hydrogen-bond donors (Lipinski definition) is 1. The van der Waals surface area contributed by atoms with Gasteiger partial charge in [-0.3, -0.25) is 9.36 Å². The highest BCUT2D eigenvalue weighted by molar-refractivity contribution is 7.10. The Bertz CT molecular complexity index is 1590. The molecule has 1 unspecified atom stereocenters. The summed E-state index contributed by atoms with van der Waals surface area (Å²) in [5.74, 6) is 0.445. The third kappa shape index (κ3) is 3.27. The van der Waals surface area contributed by atoms with Gasteiger partial charge in [0.1, 0.15) is 0 Å². The molecule has 1 aliphatic heterocycles. The van der Waals surface area contributed by atoms with Gasteiger partial charge in [0, 0.05) is 10.4 Å². The molecule has 0 saturated carbocycles. The maximum Gasteiger partial charge on any atom is 0.271 e. The summed E-state index contributed by atoms with van der Waals surface area (Å²) in [5, 5.41) is 12.0. The molecule has 7 heteroatoms. The van der Waals surface area contributed by atoms with Gasteiger partial charge in [-0.2, -0.15) is 0 Å². The number of fused-ring (bicyclic) bond motifs is 3. The van der Waals surface area contributed by atoms with E-state index in [2.05, 4.69) is 35.7 Å². The van der Waals surface area contributed by atoms with Crippen molar-refractivity contribution in [2.24, 2.45) is 4.99 Å². The van der Waals surface area contributed by atoms with Crippen LogP contribution in [0.15, 0.2) is 75.3 Å². The van der Waals surface area contributed by atoms with Crippen LogP contribution in [0.5, 0.6) is 11.5 Å². The normalized spacial score (nSPS) is 17.2. The van der Waals surface area contributed by atoms with Gasteiger partial charge in [-0.15, -0.1) is 11.3 Å². The Kier molecular flexibility index (Phi) is 4.81. The number of allylic oxidation sites excluding steroid dienone is 1. The number of rotatable bonds is 3. The average molecular weight is 473 g/mol. The highest BCUT2D eigenvalue weighted by Gasteiger charge is 2.32. The molecular formula is C26H20N2O3S2. The molecule has 1 atom stereocenters. The van der Waals surface area contributed by atoms with Crippen LogP contribution in [0.4, 0.5) is 0 Å². The molecule has 3 heterocycles. The lowest BCUT2D eigenvalue weighted by Gasteiger charge is -2.30. The van der Waals surface area contributed by atoms with E-state index in [1.807, 2.05) is 16.7 Å². The molecule has 0 amide bonds. The van der Waals surface area contributed by atoms with E-state index >= 15 is 0 Å². The van der Waals surface area contributed by atoms with E-state index in [-0.39, 0.29) is 17.4 Å². The molecule has 0 saturated heterocycles. The summed E-state index contributed by atoms with van der Waals surface area (Å²) < 4.78 is 7.69. The third-order valence-electron chi connectivity index (χ3n) is 6.19. The first-order chi connectivity index (χ1) is 16.1. The number of phenols is 1. The molecule has 1 N–H and O–H groups in total. The van der Waals surface area contributed by atoms with Crippen LogP contribution < -0.4 is 19.6 Å². The largest absolute Gasteiger partial charge is 0.504 e. The summed E-state index contributed by atoms with van der Waals surface area (Å²) in [6.45, 7) is 0. The van der Waals surface area contributed by atoms with Crippen molar-refractivity contribution in [2.45, 2.75) is 18.9 Å². The second-order valence-corrected chi connectivity index (χ2v) is 10.0. The standard InChI is InChI=1S/C26H20N2O3S2/c1-31-20-13-15(8-11-19(20)29)14-22-25(30)28-24(21-7-4-12-32-21)18-10-9-16-5-2-3-6-17(16)23(18)27-26(28)33-22/h2-8,11-14,24,29H,9-10H2,1H3/b22-14+. The van der Waals surface area contributed by atoms with E-state index in [1.165, 1.54) is 35.1 Å². The van der Waals surface area contributed by atoms with E-state index < -0.39 is 0 Å². The van der Waals surface area contributed by atoms with E-state index in [4.69, 9.17) is 9.73 Å². The topological polar surface area (TPSA) is 63.8 Å². The number of benzene rings is 2. The molecule has 164 valence electrons. The molecule has 2 aliphatic rings. The van der Waals surface area contributed by atoms with Crippen LogP contribution in [-0.2, 0) is 6.42 Å². The number of hydrogen-bond acceptors (Lipinski definition) is 6. The Morgan fingerprint density at radius 2 is 2.03 bits per heavy atom. The first-order valence-corrected chi connectivity index (χ1v) is 12.4. The maximum atomic E-state index is 13.6. The summed E-state index contributed by atoms with van der Waals surface area (Å²) in [5.41, 5.74) is 5.43. The highest BCUT2D eigenvalue weighted by atomic mass is 32.1. The van der Waals surface area contributed by atoms with Crippen LogP contribution >= 0.6 is 22.7 Å². The first-order valence-electron chi connectivity index (χ1n) is 10.7. The van der Waals surface area contributed by atoms with Crippen molar-refractivity contribution in [3.8, 4) is 11.5 Å². The second-order valence-electron chi connectivity index (χ2n) is 8.06. The molecule has 0 bridgehead atoms. The number of ether oxygens (including phenoxy) is 1. The van der Waals surface area contributed by atoms with Gasteiger partial charge >= 0.3 is 0 Å². The molecule has 33 heavy (non-hydrogen) atoms. The van der Waals surface area contributed by atoms with E-state index in [9.17, 15) is 9.90 Å². The van der Waals surface area contributed by atoms with Crippen LogP contribution in [0.25, 0.3) is 11.8 Å². The Morgan fingerprint density at radius 3 is 2.85 bits per heavy atom. The van der Waals surface area contributed by atoms with Crippen molar-refractivity contribution in [3.05, 3.63) is 107 Å². The maximum absolute atomic E-state index is 13.6. The fourth-order valence-electron chi connectivity index (χ4n) is 4.65. The number of aromatic nitrogens is 1. The van der Waals surface area contributed by atoms with Crippen LogP contribution in [-0.4, -0.2) is 16.8 Å². The Labute approximate surface area is 197 Å². The van der Waals surface area contributed by atoms with Crippen LogP contribution in [0.1, 0.15) is 34.0 Å². The molecular weight excluding hydrogens is 452 g/mol. The summed E-state index contributed by atoms with van der Waals surface area (Å²) in [6.07, 6.45) is 3.68. The minimum Gasteiger partial charge on any atom is -0.504 e. The van der Waals surface area contributed by atoms with Gasteiger partial charge in [0.05, 0.1) is 23.4 Å². The monoisotopic (exact) mass is 472 g/mol. The van der Waals surface area contributed by atoms with Gasteiger partial charge in [-0.25, -0.2) is 4.99 Å². The number of aromatic hydroxyl groups is 1. The van der Waals surface area contributed by atoms with Gasteiger partial charge in [0.25, 0.3) is 5.56 Å². The fourth-order valence-corrected chi connectivity index (χ4v) is 6.50. The van der Waals surface area contributed by atoms with Gasteiger partial charge in [-0.05, 0) is 59.2 Å². The van der Waals surface area contributed by atoms with Crippen LogP contribution in [0.3, 0.4) is 0 Å². The number of nitrogens with zero attached hydrogens (tertiary/aromatic N) is 2. The highest BCUT2D eigenvalue weighted by Crippen LogP contribution is 2.42. The Morgan fingerprint density at radius 1 is 1.15 bits per heavy atom. The summed E-state index contributed by atoms with van der Waals surface area (Å²) in [6, 6.07) is 17.5. The quantitative estimate of drug-likeness (QED) is 0.488. The fraction of sp³-hybridized carbons (Fsp3) is 0.154. The van der Waals surface area contributed by atoms with Gasteiger partial charge in [0.2, 0.25) is 0 Å². The Balaban J connectivity index is 1.59. The first kappa shape index (κ1) is 20.2. The Hall–Kier alpha value is -3.42. The van der Waals surface area contributed by atoms with E-state index in [0.29, 0.717) is 15.1 Å². The summed E-state index contributed by atoms with van der Waals surface area (Å²) in [4.78, 5) is 20.5. The van der Waals surface area contributed by atoms with Gasteiger partial charge in [-0.1, -0.05) is 47.7 Å². The summed E-state index contributed by atoms with van der Waals surface area (Å²) >= 11 is 3.07. The van der Waals surface area contributed by atoms with Crippen molar-refractivity contribution >= 4 is 34.4 Å². The van der Waals surface area contributed by atoms with Crippen molar-refractivity contribution in [1.82, 2.24) is 4.57 Å². The zero-order valence-corrected chi connectivity index (χ0v) is 19.5. The van der Waals surface area contributed by atoms with Crippen molar-refractivity contribution in [2.75, 3.05) is 7.11 Å². The number of thiophene rings is 1. The van der Waals surface area contributed by atoms with Gasteiger partial charge < -0.3 is 9.84 Å². The minimum atomic E-state index is -0.138. The smallest absolute Gasteiger partial charge is 0.271 e. The van der Waals surface area contributed by atoms with Crippen molar-refractivity contribution in [1.29, 1.82) is 0 Å². The number of phenolic OH excluding ortho intramolecular Hbond substituents is 1. The number of aryl methyl sites for hydroxylation is 1. The zero-order valence-electron chi connectivity index (χ0n) is 17.8. The molecule has 0 fully saturated rings. The van der Waals surface area contributed by atoms with E-state index in [0.717, 1.165) is 29.0 Å². The molecule has 0 radical (unpaired) electrons.